The lowest BCUT2D eigenvalue weighted by Crippen LogP contribution is -2.37. The first-order valence-electron chi connectivity index (χ1n) is 10.2. The summed E-state index contributed by atoms with van der Waals surface area (Å²) < 4.78 is 5.74. The minimum Gasteiger partial charge on any atom is -0.493 e. The zero-order valence-corrected chi connectivity index (χ0v) is 18.2. The second-order valence-corrected chi connectivity index (χ2v) is 7.92. The molecular weight excluding hydrogens is 446 g/mol. The average Bonchev–Trinajstić information content (AvgIpc) is 3.09. The summed E-state index contributed by atoms with van der Waals surface area (Å²) in [4.78, 5) is 42.1. The molecule has 1 aliphatic rings. The van der Waals surface area contributed by atoms with Gasteiger partial charge in [0.05, 0.1) is 23.7 Å². The van der Waals surface area contributed by atoms with E-state index in [1.165, 1.54) is 18.5 Å². The number of pyridine rings is 1. The third-order valence-electron chi connectivity index (χ3n) is 5.44. The number of halogens is 1. The van der Waals surface area contributed by atoms with Gasteiger partial charge in [-0.25, -0.2) is 5.48 Å². The standard InChI is InChI=1S/C24H20ClN3O5/c25-18-5-1-15(2-6-18)16-3-7-19(8-4-16)33-14-17(22(29)27-32)10-12-28-23(30)20-9-11-26-13-21(20)24(28)31/h1-9,11,13,17,32H,10,12,14H2,(H,27,29). The molecular formula is C24H20ClN3O5. The maximum absolute atomic E-state index is 12.5. The van der Waals surface area contributed by atoms with Gasteiger partial charge < -0.3 is 4.74 Å². The van der Waals surface area contributed by atoms with Gasteiger partial charge in [0.25, 0.3) is 11.8 Å². The third-order valence-corrected chi connectivity index (χ3v) is 5.69. The minimum absolute atomic E-state index is 0.00327. The van der Waals surface area contributed by atoms with Crippen molar-refractivity contribution in [2.45, 2.75) is 6.42 Å². The lowest BCUT2D eigenvalue weighted by molar-refractivity contribution is -0.134. The van der Waals surface area contributed by atoms with Crippen LogP contribution >= 0.6 is 11.6 Å². The molecule has 9 heteroatoms. The van der Waals surface area contributed by atoms with E-state index in [4.69, 9.17) is 21.5 Å². The lowest BCUT2D eigenvalue weighted by Gasteiger charge is -2.19. The van der Waals surface area contributed by atoms with Gasteiger partial charge in [0, 0.05) is 24.0 Å². The molecule has 168 valence electrons. The lowest BCUT2D eigenvalue weighted by atomic mass is 10.1. The molecule has 0 saturated heterocycles. The van der Waals surface area contributed by atoms with Gasteiger partial charge in [-0.1, -0.05) is 35.9 Å². The molecule has 3 amide bonds. The van der Waals surface area contributed by atoms with E-state index >= 15 is 0 Å². The summed E-state index contributed by atoms with van der Waals surface area (Å²) in [5, 5.41) is 9.76. The fourth-order valence-corrected chi connectivity index (χ4v) is 3.71. The van der Waals surface area contributed by atoms with Crippen LogP contribution in [0.1, 0.15) is 27.1 Å². The monoisotopic (exact) mass is 465 g/mol. The molecule has 8 nitrogen and oxygen atoms in total. The third kappa shape index (κ3) is 4.87. The summed E-state index contributed by atoms with van der Waals surface area (Å²) in [6, 6.07) is 16.2. The molecule has 0 fully saturated rings. The molecule has 2 aromatic carbocycles. The Bertz CT molecular complexity index is 1150. The van der Waals surface area contributed by atoms with Crippen LogP contribution in [0.5, 0.6) is 5.75 Å². The second-order valence-electron chi connectivity index (χ2n) is 7.49. The van der Waals surface area contributed by atoms with E-state index in [1.807, 2.05) is 36.4 Å². The smallest absolute Gasteiger partial charge is 0.263 e. The summed E-state index contributed by atoms with van der Waals surface area (Å²) in [7, 11) is 0. The predicted octanol–water partition coefficient (Wildman–Crippen LogP) is 3.59. The first-order chi connectivity index (χ1) is 16.0. The molecule has 2 N–H and O–H groups in total. The van der Waals surface area contributed by atoms with Crippen LogP contribution < -0.4 is 10.2 Å². The molecule has 0 bridgehead atoms. The molecule has 4 rings (SSSR count). The molecule has 0 saturated carbocycles. The van der Waals surface area contributed by atoms with Crippen LogP contribution in [-0.4, -0.2) is 46.0 Å². The molecule has 2 heterocycles. The number of hydrogen-bond donors (Lipinski definition) is 2. The van der Waals surface area contributed by atoms with Gasteiger partial charge >= 0.3 is 0 Å². The molecule has 0 aliphatic carbocycles. The number of amides is 3. The minimum atomic E-state index is -0.784. The number of hydrogen-bond acceptors (Lipinski definition) is 6. The SMILES string of the molecule is O=C(NO)C(CCN1C(=O)c2ccncc2C1=O)COc1ccc(-c2ccc(Cl)cc2)cc1. The maximum atomic E-state index is 12.5. The highest BCUT2D eigenvalue weighted by atomic mass is 35.5. The molecule has 3 aromatic rings. The van der Waals surface area contributed by atoms with E-state index in [-0.39, 0.29) is 30.7 Å². The number of nitrogens with one attached hydrogen (secondary N) is 1. The average molecular weight is 466 g/mol. The molecule has 33 heavy (non-hydrogen) atoms. The Morgan fingerprint density at radius 2 is 1.64 bits per heavy atom. The van der Waals surface area contributed by atoms with Crippen molar-refractivity contribution in [2.24, 2.45) is 5.92 Å². The van der Waals surface area contributed by atoms with Crippen LogP contribution in [0.25, 0.3) is 11.1 Å². The topological polar surface area (TPSA) is 109 Å². The molecule has 0 radical (unpaired) electrons. The van der Waals surface area contributed by atoms with Crippen molar-refractivity contribution in [2.75, 3.05) is 13.2 Å². The van der Waals surface area contributed by atoms with Crippen molar-refractivity contribution in [3.63, 3.8) is 0 Å². The van der Waals surface area contributed by atoms with Gasteiger partial charge in [-0.3, -0.25) is 29.5 Å². The molecule has 1 aliphatic heterocycles. The largest absolute Gasteiger partial charge is 0.493 e. The van der Waals surface area contributed by atoms with Gasteiger partial charge in [0.1, 0.15) is 5.75 Å². The van der Waals surface area contributed by atoms with Gasteiger partial charge in [-0.2, -0.15) is 0 Å². The van der Waals surface area contributed by atoms with Gasteiger partial charge in [0.15, 0.2) is 0 Å². The number of imide groups is 1. The van der Waals surface area contributed by atoms with Gasteiger partial charge in [-0.15, -0.1) is 0 Å². The predicted molar refractivity (Wildman–Crippen MR) is 120 cm³/mol. The van der Waals surface area contributed by atoms with E-state index in [9.17, 15) is 14.4 Å². The second kappa shape index (κ2) is 9.81. The fourth-order valence-electron chi connectivity index (χ4n) is 3.59. The molecule has 1 unspecified atom stereocenters. The zero-order chi connectivity index (χ0) is 23.4. The highest BCUT2D eigenvalue weighted by molar-refractivity contribution is 6.30. The first kappa shape index (κ1) is 22.4. The molecule has 1 aromatic heterocycles. The van der Waals surface area contributed by atoms with E-state index in [0.29, 0.717) is 10.8 Å². The Labute approximate surface area is 194 Å². The number of aromatic nitrogens is 1. The summed E-state index contributed by atoms with van der Waals surface area (Å²) in [6.45, 7) is -0.0410. The maximum Gasteiger partial charge on any atom is 0.263 e. The zero-order valence-electron chi connectivity index (χ0n) is 17.4. The van der Waals surface area contributed by atoms with Crippen LogP contribution in [0.3, 0.4) is 0 Å². The Morgan fingerprint density at radius 1 is 1.00 bits per heavy atom. The quantitative estimate of drug-likeness (QED) is 0.299. The number of rotatable bonds is 8. The van der Waals surface area contributed by atoms with E-state index < -0.39 is 23.6 Å². The number of benzene rings is 2. The Kier molecular flexibility index (Phi) is 6.67. The van der Waals surface area contributed by atoms with Crippen molar-refractivity contribution in [1.82, 2.24) is 15.4 Å². The number of nitrogens with zero attached hydrogens (tertiary/aromatic N) is 2. The summed E-state index contributed by atoms with van der Waals surface area (Å²) in [6.07, 6.45) is 2.92. The van der Waals surface area contributed by atoms with Crippen molar-refractivity contribution < 1.29 is 24.3 Å². The number of carbonyl (C=O) groups excluding carboxylic acids is 3. The van der Waals surface area contributed by atoms with Crippen LogP contribution in [0.15, 0.2) is 67.0 Å². The highest BCUT2D eigenvalue weighted by Crippen LogP contribution is 2.25. The van der Waals surface area contributed by atoms with Gasteiger partial charge in [-0.05, 0) is 47.9 Å². The summed E-state index contributed by atoms with van der Waals surface area (Å²) in [5.41, 5.74) is 4.12. The summed E-state index contributed by atoms with van der Waals surface area (Å²) >= 11 is 5.93. The first-order valence-corrected chi connectivity index (χ1v) is 10.6. The van der Waals surface area contributed by atoms with E-state index in [2.05, 4.69) is 4.98 Å². The van der Waals surface area contributed by atoms with E-state index in [1.54, 1.807) is 17.6 Å². The number of fused-ring (bicyclic) bond motifs is 1. The molecule has 0 spiro atoms. The van der Waals surface area contributed by atoms with Crippen LogP contribution in [0.2, 0.25) is 5.02 Å². The Balaban J connectivity index is 1.38. The van der Waals surface area contributed by atoms with Gasteiger partial charge in [0.2, 0.25) is 5.91 Å². The van der Waals surface area contributed by atoms with Crippen LogP contribution in [-0.2, 0) is 4.79 Å². The van der Waals surface area contributed by atoms with E-state index in [0.717, 1.165) is 16.0 Å². The van der Waals surface area contributed by atoms with Crippen molar-refractivity contribution >= 4 is 29.3 Å². The van der Waals surface area contributed by atoms with Crippen molar-refractivity contribution in [3.8, 4) is 16.9 Å². The Morgan fingerprint density at radius 3 is 2.27 bits per heavy atom. The van der Waals surface area contributed by atoms with Crippen LogP contribution in [0.4, 0.5) is 0 Å². The summed E-state index contributed by atoms with van der Waals surface area (Å²) in [5.74, 6) is -1.79. The number of ether oxygens (including phenoxy) is 1. The fraction of sp³-hybridized carbons (Fsp3) is 0.167. The number of hydroxylamine groups is 1. The Hall–Kier alpha value is -3.75. The number of carbonyl (C=O) groups is 3. The van der Waals surface area contributed by atoms with Crippen LogP contribution in [0, 0.1) is 5.92 Å². The van der Waals surface area contributed by atoms with Crippen molar-refractivity contribution in [1.29, 1.82) is 0 Å². The van der Waals surface area contributed by atoms with Crippen molar-refractivity contribution in [3.05, 3.63) is 83.1 Å². The normalized spacial score (nSPS) is 13.6. The highest BCUT2D eigenvalue weighted by Gasteiger charge is 2.36. The molecule has 1 atom stereocenters.